The Morgan fingerprint density at radius 1 is 1.50 bits per heavy atom. The van der Waals surface area contributed by atoms with Crippen LogP contribution in [0.15, 0.2) is 18.3 Å². The highest BCUT2D eigenvalue weighted by atomic mass is 32.2. The first-order chi connectivity index (χ1) is 6.59. The fraction of sp³-hybridized carbons (Fsp3) is 0.375. The van der Waals surface area contributed by atoms with Gasteiger partial charge in [0.15, 0.2) is 0 Å². The molecule has 2 heterocycles. The molecule has 5 nitrogen and oxygen atoms in total. The molecule has 14 heavy (non-hydrogen) atoms. The molecule has 1 aromatic heterocycles. The van der Waals surface area contributed by atoms with Crippen molar-refractivity contribution in [3.63, 3.8) is 0 Å². The Balaban J connectivity index is 2.41. The van der Waals surface area contributed by atoms with Gasteiger partial charge in [-0.3, -0.25) is 4.31 Å². The molecule has 0 radical (unpaired) electrons. The maximum Gasteiger partial charge on any atom is 0.236 e. The monoisotopic (exact) mass is 213 g/mol. The van der Waals surface area contributed by atoms with E-state index in [1.165, 1.54) is 10.5 Å². The van der Waals surface area contributed by atoms with Gasteiger partial charge in [0, 0.05) is 24.5 Å². The van der Waals surface area contributed by atoms with Gasteiger partial charge in [0.1, 0.15) is 5.82 Å². The number of nitrogen functional groups attached to an aromatic ring is 1. The Bertz CT molecular complexity index is 444. The minimum atomic E-state index is -3.14. The van der Waals surface area contributed by atoms with Crippen LogP contribution in [0.25, 0.3) is 0 Å². The zero-order valence-corrected chi connectivity index (χ0v) is 8.37. The number of anilines is 2. The molecule has 2 rings (SSSR count). The maximum absolute atomic E-state index is 11.5. The molecule has 0 amide bonds. The molecule has 1 saturated heterocycles. The number of hydrogen-bond acceptors (Lipinski definition) is 4. The van der Waals surface area contributed by atoms with Crippen LogP contribution in [0.3, 0.4) is 0 Å². The van der Waals surface area contributed by atoms with Crippen LogP contribution in [0.2, 0.25) is 0 Å². The fourth-order valence-electron chi connectivity index (χ4n) is 1.47. The molecule has 1 fully saturated rings. The van der Waals surface area contributed by atoms with E-state index in [0.29, 0.717) is 24.5 Å². The fourth-order valence-corrected chi connectivity index (χ4v) is 2.97. The van der Waals surface area contributed by atoms with Gasteiger partial charge in [-0.05, 0) is 12.5 Å². The second kappa shape index (κ2) is 3.13. The molecule has 1 aliphatic heterocycles. The first-order valence-electron chi connectivity index (χ1n) is 4.31. The van der Waals surface area contributed by atoms with E-state index in [4.69, 9.17) is 5.73 Å². The lowest BCUT2D eigenvalue weighted by Crippen LogP contribution is -2.25. The van der Waals surface area contributed by atoms with Gasteiger partial charge in [-0.15, -0.1) is 0 Å². The SMILES string of the molecule is Nc1ccnc(N2CCCS2(=O)=O)c1. The lowest BCUT2D eigenvalue weighted by Gasteiger charge is -2.15. The molecule has 0 aromatic carbocycles. The second-order valence-corrected chi connectivity index (χ2v) is 5.20. The molecule has 6 heteroatoms. The summed E-state index contributed by atoms with van der Waals surface area (Å²) in [5.41, 5.74) is 6.08. The van der Waals surface area contributed by atoms with E-state index >= 15 is 0 Å². The minimum Gasteiger partial charge on any atom is -0.399 e. The van der Waals surface area contributed by atoms with Gasteiger partial charge in [-0.1, -0.05) is 0 Å². The Labute approximate surface area is 82.6 Å². The zero-order chi connectivity index (χ0) is 10.2. The number of aromatic nitrogens is 1. The number of pyridine rings is 1. The molecule has 0 bridgehead atoms. The second-order valence-electron chi connectivity index (χ2n) is 3.19. The number of sulfonamides is 1. The van der Waals surface area contributed by atoms with E-state index in [1.54, 1.807) is 12.1 Å². The van der Waals surface area contributed by atoms with Crippen LogP contribution in [0.5, 0.6) is 0 Å². The van der Waals surface area contributed by atoms with E-state index in [9.17, 15) is 8.42 Å². The molecular formula is C8H11N3O2S. The van der Waals surface area contributed by atoms with Crippen molar-refractivity contribution in [1.82, 2.24) is 4.98 Å². The Hall–Kier alpha value is -1.30. The van der Waals surface area contributed by atoms with Crippen molar-refractivity contribution in [2.24, 2.45) is 0 Å². The quantitative estimate of drug-likeness (QED) is 0.723. The van der Waals surface area contributed by atoms with Gasteiger partial charge < -0.3 is 5.73 Å². The van der Waals surface area contributed by atoms with Crippen LogP contribution in [0.4, 0.5) is 11.5 Å². The van der Waals surface area contributed by atoms with Crippen LogP contribution < -0.4 is 10.0 Å². The summed E-state index contributed by atoms with van der Waals surface area (Å²) < 4.78 is 24.3. The maximum atomic E-state index is 11.5. The van der Waals surface area contributed by atoms with Crippen LogP contribution in [0, 0.1) is 0 Å². The number of rotatable bonds is 1. The van der Waals surface area contributed by atoms with Crippen molar-refractivity contribution in [2.45, 2.75) is 6.42 Å². The average molecular weight is 213 g/mol. The van der Waals surface area contributed by atoms with Gasteiger partial charge in [0.05, 0.1) is 5.75 Å². The van der Waals surface area contributed by atoms with E-state index in [-0.39, 0.29) is 5.75 Å². The van der Waals surface area contributed by atoms with Crippen molar-refractivity contribution in [2.75, 3.05) is 22.3 Å². The van der Waals surface area contributed by atoms with Gasteiger partial charge in [0.25, 0.3) is 0 Å². The summed E-state index contributed by atoms with van der Waals surface area (Å²) >= 11 is 0. The molecule has 1 aliphatic rings. The zero-order valence-electron chi connectivity index (χ0n) is 7.55. The van der Waals surface area contributed by atoms with Crippen LogP contribution >= 0.6 is 0 Å². The molecule has 0 aliphatic carbocycles. The van der Waals surface area contributed by atoms with Crippen molar-refractivity contribution in [1.29, 1.82) is 0 Å². The molecule has 0 unspecified atom stereocenters. The van der Waals surface area contributed by atoms with Gasteiger partial charge in [0.2, 0.25) is 10.0 Å². The summed E-state index contributed by atoms with van der Waals surface area (Å²) in [7, 11) is -3.14. The van der Waals surface area contributed by atoms with Gasteiger partial charge in [-0.25, -0.2) is 13.4 Å². The first kappa shape index (κ1) is 9.26. The molecule has 0 spiro atoms. The summed E-state index contributed by atoms with van der Waals surface area (Å²) in [5, 5.41) is 0. The molecular weight excluding hydrogens is 202 g/mol. The van der Waals surface area contributed by atoms with Crippen molar-refractivity contribution in [3.05, 3.63) is 18.3 Å². The molecule has 0 atom stereocenters. The largest absolute Gasteiger partial charge is 0.399 e. The van der Waals surface area contributed by atoms with E-state index in [1.807, 2.05) is 0 Å². The van der Waals surface area contributed by atoms with Crippen molar-refractivity contribution >= 4 is 21.5 Å². The third-order valence-electron chi connectivity index (χ3n) is 2.12. The summed E-state index contributed by atoms with van der Waals surface area (Å²) in [5.74, 6) is 0.617. The third kappa shape index (κ3) is 1.52. The number of nitrogens with two attached hydrogens (primary N) is 1. The predicted octanol–water partition coefficient (Wildman–Crippen LogP) is 0.204. The normalized spacial score (nSPS) is 19.9. The highest BCUT2D eigenvalue weighted by Crippen LogP contribution is 2.22. The summed E-state index contributed by atoms with van der Waals surface area (Å²) in [6.07, 6.45) is 2.16. The summed E-state index contributed by atoms with van der Waals surface area (Å²) in [6.45, 7) is 0.499. The van der Waals surface area contributed by atoms with Gasteiger partial charge >= 0.3 is 0 Å². The highest BCUT2D eigenvalue weighted by molar-refractivity contribution is 7.93. The molecule has 2 N–H and O–H groups in total. The standard InChI is InChI=1S/C8H11N3O2S/c9-7-2-3-10-8(6-7)11-4-1-5-14(11,12)13/h2-3,6H,1,4-5H2,(H2,9,10). The predicted molar refractivity (Wildman–Crippen MR) is 54.4 cm³/mol. The van der Waals surface area contributed by atoms with E-state index in [0.717, 1.165) is 0 Å². The van der Waals surface area contributed by atoms with Crippen molar-refractivity contribution in [3.8, 4) is 0 Å². The summed E-state index contributed by atoms with van der Waals surface area (Å²) in [6, 6.07) is 3.20. The lowest BCUT2D eigenvalue weighted by molar-refractivity contribution is 0.599. The first-order valence-corrected chi connectivity index (χ1v) is 5.92. The van der Waals surface area contributed by atoms with Crippen LogP contribution in [-0.4, -0.2) is 25.7 Å². The van der Waals surface area contributed by atoms with Crippen LogP contribution in [0.1, 0.15) is 6.42 Å². The Kier molecular flexibility index (Phi) is 2.07. The Morgan fingerprint density at radius 3 is 2.86 bits per heavy atom. The summed E-state index contributed by atoms with van der Waals surface area (Å²) in [4.78, 5) is 3.98. The molecule has 76 valence electrons. The number of hydrogen-bond donors (Lipinski definition) is 1. The van der Waals surface area contributed by atoms with Crippen LogP contribution in [-0.2, 0) is 10.0 Å². The molecule has 0 saturated carbocycles. The average Bonchev–Trinajstić information content (AvgIpc) is 2.45. The third-order valence-corrected chi connectivity index (χ3v) is 3.97. The number of nitrogens with zero attached hydrogens (tertiary/aromatic N) is 2. The molecule has 1 aromatic rings. The smallest absolute Gasteiger partial charge is 0.236 e. The van der Waals surface area contributed by atoms with Crippen molar-refractivity contribution < 1.29 is 8.42 Å². The van der Waals surface area contributed by atoms with E-state index in [2.05, 4.69) is 4.98 Å². The topological polar surface area (TPSA) is 76.3 Å². The minimum absolute atomic E-state index is 0.198. The Morgan fingerprint density at radius 2 is 2.29 bits per heavy atom. The van der Waals surface area contributed by atoms with Gasteiger partial charge in [-0.2, -0.15) is 0 Å². The highest BCUT2D eigenvalue weighted by Gasteiger charge is 2.29. The van der Waals surface area contributed by atoms with E-state index < -0.39 is 10.0 Å². The lowest BCUT2D eigenvalue weighted by atomic mass is 10.4.